The Bertz CT molecular complexity index is 415. The first-order valence-electron chi connectivity index (χ1n) is 6.93. The van der Waals surface area contributed by atoms with Crippen LogP contribution in [0.15, 0.2) is 12.1 Å². The van der Waals surface area contributed by atoms with Gasteiger partial charge < -0.3 is 15.2 Å². The number of hydrogen-bond acceptors (Lipinski definition) is 3. The van der Waals surface area contributed by atoms with Gasteiger partial charge in [0.15, 0.2) is 0 Å². The van der Waals surface area contributed by atoms with Crippen molar-refractivity contribution >= 4 is 0 Å². The molecule has 0 spiro atoms. The fourth-order valence-electron chi connectivity index (χ4n) is 2.29. The number of methoxy groups -OCH3 is 1. The van der Waals surface area contributed by atoms with Crippen molar-refractivity contribution in [1.29, 1.82) is 0 Å². The van der Waals surface area contributed by atoms with Gasteiger partial charge in [0.1, 0.15) is 5.75 Å². The maximum absolute atomic E-state index is 10.5. The van der Waals surface area contributed by atoms with Crippen molar-refractivity contribution in [2.24, 2.45) is 5.92 Å². The molecule has 1 aromatic rings. The molecule has 0 saturated carbocycles. The molecule has 0 saturated heterocycles. The zero-order valence-electron chi connectivity index (χ0n) is 12.9. The molecule has 0 aromatic heterocycles. The molecule has 0 radical (unpaired) electrons. The number of ether oxygens (including phenoxy) is 1. The molecular weight excluding hydrogens is 238 g/mol. The molecule has 108 valence electrons. The minimum atomic E-state index is -0.563. The lowest BCUT2D eigenvalue weighted by molar-refractivity contribution is 0.131. The zero-order chi connectivity index (χ0) is 14.6. The fourth-order valence-corrected chi connectivity index (χ4v) is 2.29. The number of aryl methyl sites for hydroxylation is 2. The zero-order valence-corrected chi connectivity index (χ0v) is 12.9. The number of aliphatic hydroxyl groups excluding tert-OH is 1. The van der Waals surface area contributed by atoms with E-state index in [2.05, 4.69) is 25.2 Å². The predicted octanol–water partition coefficient (Wildman–Crippen LogP) is 2.98. The van der Waals surface area contributed by atoms with Gasteiger partial charge in [0.05, 0.1) is 13.2 Å². The molecule has 1 rings (SSSR count). The summed E-state index contributed by atoms with van der Waals surface area (Å²) < 4.78 is 5.44. The van der Waals surface area contributed by atoms with Crippen molar-refractivity contribution in [3.63, 3.8) is 0 Å². The third-order valence-corrected chi connectivity index (χ3v) is 3.29. The van der Waals surface area contributed by atoms with E-state index in [0.717, 1.165) is 29.0 Å². The Morgan fingerprint density at radius 2 is 1.84 bits per heavy atom. The lowest BCUT2D eigenvalue weighted by Crippen LogP contribution is -2.34. The average Bonchev–Trinajstić information content (AvgIpc) is 2.34. The molecule has 0 heterocycles. The van der Waals surface area contributed by atoms with E-state index in [4.69, 9.17) is 4.74 Å². The topological polar surface area (TPSA) is 41.5 Å². The van der Waals surface area contributed by atoms with Crippen LogP contribution in [0.1, 0.15) is 43.6 Å². The molecule has 0 aliphatic rings. The van der Waals surface area contributed by atoms with Crippen LogP contribution in [0.25, 0.3) is 0 Å². The van der Waals surface area contributed by atoms with E-state index in [0.29, 0.717) is 5.92 Å². The Morgan fingerprint density at radius 3 is 2.37 bits per heavy atom. The number of aliphatic hydroxyl groups is 1. The van der Waals surface area contributed by atoms with Crippen LogP contribution in [0, 0.1) is 19.8 Å². The molecule has 1 aromatic carbocycles. The summed E-state index contributed by atoms with van der Waals surface area (Å²) >= 11 is 0. The standard InChI is InChI=1S/C16H27NO2/c1-10(2)9-17-13(5)15(18)14-8-11(3)7-12(4)16(14)19-6/h7-8,10,13,15,17-18H,9H2,1-6H3. The van der Waals surface area contributed by atoms with Crippen molar-refractivity contribution in [1.82, 2.24) is 5.32 Å². The van der Waals surface area contributed by atoms with Crippen LogP contribution >= 0.6 is 0 Å². The smallest absolute Gasteiger partial charge is 0.127 e. The highest BCUT2D eigenvalue weighted by atomic mass is 16.5. The van der Waals surface area contributed by atoms with E-state index in [1.54, 1.807) is 7.11 Å². The van der Waals surface area contributed by atoms with Gasteiger partial charge in [-0.2, -0.15) is 0 Å². The van der Waals surface area contributed by atoms with Gasteiger partial charge in [0.25, 0.3) is 0 Å². The summed E-state index contributed by atoms with van der Waals surface area (Å²) in [5.74, 6) is 1.35. The average molecular weight is 265 g/mol. The Hall–Kier alpha value is -1.06. The van der Waals surface area contributed by atoms with Crippen LogP contribution in [0.2, 0.25) is 0 Å². The van der Waals surface area contributed by atoms with Crippen molar-refractivity contribution in [3.8, 4) is 5.75 Å². The van der Waals surface area contributed by atoms with Crippen molar-refractivity contribution in [2.45, 2.75) is 46.8 Å². The Kier molecular flexibility index (Phi) is 5.83. The van der Waals surface area contributed by atoms with Crippen LogP contribution < -0.4 is 10.1 Å². The van der Waals surface area contributed by atoms with Gasteiger partial charge in [0, 0.05) is 11.6 Å². The van der Waals surface area contributed by atoms with Crippen molar-refractivity contribution in [3.05, 3.63) is 28.8 Å². The molecule has 19 heavy (non-hydrogen) atoms. The number of rotatable bonds is 6. The molecule has 2 unspecified atom stereocenters. The fraction of sp³-hybridized carbons (Fsp3) is 0.625. The molecule has 3 heteroatoms. The number of hydrogen-bond donors (Lipinski definition) is 2. The maximum Gasteiger partial charge on any atom is 0.127 e. The lowest BCUT2D eigenvalue weighted by Gasteiger charge is -2.24. The quantitative estimate of drug-likeness (QED) is 0.831. The number of benzene rings is 1. The molecule has 0 aliphatic carbocycles. The summed E-state index contributed by atoms with van der Waals surface area (Å²) in [6.07, 6.45) is -0.563. The molecule has 2 atom stereocenters. The van der Waals surface area contributed by atoms with E-state index in [1.165, 1.54) is 0 Å². The largest absolute Gasteiger partial charge is 0.496 e. The van der Waals surface area contributed by atoms with Gasteiger partial charge in [-0.15, -0.1) is 0 Å². The highest BCUT2D eigenvalue weighted by molar-refractivity contribution is 5.45. The van der Waals surface area contributed by atoms with E-state index < -0.39 is 6.10 Å². The first-order chi connectivity index (χ1) is 8.86. The van der Waals surface area contributed by atoms with Crippen molar-refractivity contribution in [2.75, 3.05) is 13.7 Å². The first kappa shape index (κ1) is 16.0. The van der Waals surface area contributed by atoms with E-state index in [-0.39, 0.29) is 6.04 Å². The summed E-state index contributed by atoms with van der Waals surface area (Å²) in [6, 6.07) is 4.07. The minimum absolute atomic E-state index is 0.00231. The molecular formula is C16H27NO2. The van der Waals surface area contributed by atoms with Crippen LogP contribution in [-0.4, -0.2) is 24.8 Å². The van der Waals surface area contributed by atoms with Crippen LogP contribution in [0.3, 0.4) is 0 Å². The molecule has 0 aliphatic heterocycles. The lowest BCUT2D eigenvalue weighted by atomic mass is 9.97. The van der Waals surface area contributed by atoms with E-state index in [1.807, 2.05) is 26.8 Å². The van der Waals surface area contributed by atoms with Gasteiger partial charge in [-0.05, 0) is 44.9 Å². The summed E-state index contributed by atoms with van der Waals surface area (Å²) in [6.45, 7) is 11.3. The molecule has 2 N–H and O–H groups in total. The maximum atomic E-state index is 10.5. The van der Waals surface area contributed by atoms with Crippen molar-refractivity contribution < 1.29 is 9.84 Å². The Morgan fingerprint density at radius 1 is 1.21 bits per heavy atom. The predicted molar refractivity (Wildman–Crippen MR) is 79.7 cm³/mol. The molecule has 3 nitrogen and oxygen atoms in total. The van der Waals surface area contributed by atoms with E-state index in [9.17, 15) is 5.11 Å². The molecule has 0 bridgehead atoms. The summed E-state index contributed by atoms with van der Waals surface area (Å²) in [5.41, 5.74) is 3.07. The van der Waals surface area contributed by atoms with Gasteiger partial charge in [0.2, 0.25) is 0 Å². The normalized spacial score (nSPS) is 14.5. The highest BCUT2D eigenvalue weighted by Crippen LogP contribution is 2.31. The van der Waals surface area contributed by atoms with Crippen LogP contribution in [-0.2, 0) is 0 Å². The number of nitrogens with one attached hydrogen (secondary N) is 1. The second kappa shape index (κ2) is 6.92. The second-order valence-electron chi connectivity index (χ2n) is 5.74. The SMILES string of the molecule is COc1c(C)cc(C)cc1C(O)C(C)NCC(C)C. The van der Waals surface area contributed by atoms with Gasteiger partial charge in [-0.3, -0.25) is 0 Å². The van der Waals surface area contributed by atoms with Crippen LogP contribution in [0.5, 0.6) is 5.75 Å². The second-order valence-corrected chi connectivity index (χ2v) is 5.74. The molecule has 0 fully saturated rings. The van der Waals surface area contributed by atoms with Gasteiger partial charge in [-0.1, -0.05) is 25.5 Å². The summed E-state index contributed by atoms with van der Waals surface area (Å²) in [7, 11) is 1.65. The van der Waals surface area contributed by atoms with E-state index >= 15 is 0 Å². The van der Waals surface area contributed by atoms with Gasteiger partial charge in [-0.25, -0.2) is 0 Å². The summed E-state index contributed by atoms with van der Waals surface area (Å²) in [4.78, 5) is 0. The first-order valence-corrected chi connectivity index (χ1v) is 6.93. The Balaban J connectivity index is 2.94. The van der Waals surface area contributed by atoms with Gasteiger partial charge >= 0.3 is 0 Å². The third kappa shape index (κ3) is 4.22. The highest BCUT2D eigenvalue weighted by Gasteiger charge is 2.21. The monoisotopic (exact) mass is 265 g/mol. The summed E-state index contributed by atoms with van der Waals surface area (Å²) in [5, 5.41) is 13.9. The minimum Gasteiger partial charge on any atom is -0.496 e. The third-order valence-electron chi connectivity index (χ3n) is 3.29. The van der Waals surface area contributed by atoms with Crippen LogP contribution in [0.4, 0.5) is 0 Å². The Labute approximate surface area is 117 Å². The molecule has 0 amide bonds.